The number of hydrogen-bond acceptors (Lipinski definition) is 3. The van der Waals surface area contributed by atoms with Gasteiger partial charge in [-0.3, -0.25) is 0 Å². The van der Waals surface area contributed by atoms with E-state index < -0.39 is 0 Å². The summed E-state index contributed by atoms with van der Waals surface area (Å²) in [6.07, 6.45) is 0. The molecule has 0 saturated heterocycles. The number of ether oxygens (including phenoxy) is 1. The van der Waals surface area contributed by atoms with Gasteiger partial charge in [-0.25, -0.2) is 0 Å². The van der Waals surface area contributed by atoms with E-state index in [0.717, 1.165) is 4.47 Å². The number of aliphatic hydroxyl groups is 1. The summed E-state index contributed by atoms with van der Waals surface area (Å²) in [6, 6.07) is 2.01. The number of hydrogen-bond donors (Lipinski definition) is 1. The molecule has 0 aliphatic rings. The van der Waals surface area contributed by atoms with Gasteiger partial charge in [0.15, 0.2) is 0 Å². The Morgan fingerprint density at radius 1 is 1.57 bits per heavy atom. The van der Waals surface area contributed by atoms with Crippen LogP contribution in [-0.4, -0.2) is 18.3 Å². The van der Waals surface area contributed by atoms with Gasteiger partial charge < -0.3 is 9.84 Å². The van der Waals surface area contributed by atoms with Crippen LogP contribution in [0.3, 0.4) is 0 Å². The monoisotopic (exact) mass is 278 g/mol. The smallest absolute Gasteiger partial charge is 0.0821 e. The maximum absolute atomic E-state index is 9.02. The van der Waals surface area contributed by atoms with Crippen molar-refractivity contribution in [2.24, 2.45) is 5.41 Å². The zero-order chi connectivity index (χ0) is 10.6. The van der Waals surface area contributed by atoms with E-state index >= 15 is 0 Å². The third kappa shape index (κ3) is 3.69. The quantitative estimate of drug-likeness (QED) is 0.897. The molecule has 0 saturated carbocycles. The molecule has 2 nitrogen and oxygen atoms in total. The van der Waals surface area contributed by atoms with E-state index in [1.165, 1.54) is 4.88 Å². The highest BCUT2D eigenvalue weighted by atomic mass is 79.9. The van der Waals surface area contributed by atoms with Crippen molar-refractivity contribution in [3.05, 3.63) is 20.8 Å². The van der Waals surface area contributed by atoms with Crippen molar-refractivity contribution in [3.8, 4) is 0 Å². The van der Waals surface area contributed by atoms with Crippen LogP contribution >= 0.6 is 27.3 Å². The predicted molar refractivity (Wildman–Crippen MR) is 62.5 cm³/mol. The molecule has 0 radical (unpaired) electrons. The third-order valence-electron chi connectivity index (χ3n) is 1.85. The molecule has 0 atom stereocenters. The molecule has 0 aromatic carbocycles. The Labute approximate surface area is 97.0 Å². The molecule has 0 aliphatic carbocycles. The number of thiophene rings is 1. The molecule has 4 heteroatoms. The van der Waals surface area contributed by atoms with Gasteiger partial charge >= 0.3 is 0 Å². The summed E-state index contributed by atoms with van der Waals surface area (Å²) < 4.78 is 6.64. The molecule has 80 valence electrons. The van der Waals surface area contributed by atoms with Crippen molar-refractivity contribution in [1.29, 1.82) is 0 Å². The fourth-order valence-corrected chi connectivity index (χ4v) is 2.30. The van der Waals surface area contributed by atoms with E-state index in [0.29, 0.717) is 13.2 Å². The molecule has 0 spiro atoms. The van der Waals surface area contributed by atoms with Gasteiger partial charge in [0.1, 0.15) is 0 Å². The van der Waals surface area contributed by atoms with E-state index in [4.69, 9.17) is 9.84 Å². The summed E-state index contributed by atoms with van der Waals surface area (Å²) in [5.41, 5.74) is -0.149. The topological polar surface area (TPSA) is 29.5 Å². The maximum Gasteiger partial charge on any atom is 0.0821 e. The van der Waals surface area contributed by atoms with Crippen LogP contribution in [0.5, 0.6) is 0 Å². The van der Waals surface area contributed by atoms with E-state index in [1.807, 2.05) is 25.3 Å². The van der Waals surface area contributed by atoms with Gasteiger partial charge in [-0.2, -0.15) is 0 Å². The maximum atomic E-state index is 9.02. The second-order valence-electron chi connectivity index (χ2n) is 4.01. The summed E-state index contributed by atoms with van der Waals surface area (Å²) in [7, 11) is 0. The average molecular weight is 279 g/mol. The predicted octanol–water partition coefficient (Wildman–Crippen LogP) is 3.05. The molecule has 0 unspecified atom stereocenters. The molecular weight excluding hydrogens is 264 g/mol. The average Bonchev–Trinajstić information content (AvgIpc) is 2.52. The first-order valence-electron chi connectivity index (χ1n) is 4.46. The van der Waals surface area contributed by atoms with Crippen LogP contribution in [0.4, 0.5) is 0 Å². The molecular formula is C10H15BrO2S. The molecule has 1 aromatic rings. The lowest BCUT2D eigenvalue weighted by atomic mass is 9.97. The minimum absolute atomic E-state index is 0.149. The molecule has 0 fully saturated rings. The van der Waals surface area contributed by atoms with Crippen LogP contribution < -0.4 is 0 Å². The summed E-state index contributed by atoms with van der Waals surface area (Å²) in [5, 5.41) is 11.0. The highest BCUT2D eigenvalue weighted by Gasteiger charge is 2.16. The van der Waals surface area contributed by atoms with Crippen molar-refractivity contribution in [3.63, 3.8) is 0 Å². The summed E-state index contributed by atoms with van der Waals surface area (Å²) in [6.45, 7) is 5.31. The largest absolute Gasteiger partial charge is 0.396 e. The van der Waals surface area contributed by atoms with Gasteiger partial charge in [0.05, 0.1) is 19.8 Å². The van der Waals surface area contributed by atoms with Crippen molar-refractivity contribution in [2.75, 3.05) is 13.2 Å². The molecule has 1 aromatic heterocycles. The Balaban J connectivity index is 2.32. The van der Waals surface area contributed by atoms with Gasteiger partial charge in [-0.05, 0) is 27.4 Å². The van der Waals surface area contributed by atoms with Crippen molar-refractivity contribution in [2.45, 2.75) is 20.5 Å². The van der Waals surface area contributed by atoms with Crippen LogP contribution in [0, 0.1) is 5.41 Å². The summed E-state index contributed by atoms with van der Waals surface area (Å²) in [4.78, 5) is 1.19. The van der Waals surface area contributed by atoms with Crippen LogP contribution in [0.15, 0.2) is 15.9 Å². The number of rotatable bonds is 5. The molecule has 1 rings (SSSR count). The fraction of sp³-hybridized carbons (Fsp3) is 0.600. The first-order valence-corrected chi connectivity index (χ1v) is 6.13. The van der Waals surface area contributed by atoms with E-state index in [-0.39, 0.29) is 12.0 Å². The Morgan fingerprint density at radius 2 is 2.29 bits per heavy atom. The lowest BCUT2D eigenvalue weighted by Gasteiger charge is -2.20. The fourth-order valence-electron chi connectivity index (χ4n) is 0.894. The van der Waals surface area contributed by atoms with Crippen LogP contribution in [-0.2, 0) is 11.3 Å². The molecule has 1 N–H and O–H groups in total. The van der Waals surface area contributed by atoms with Crippen LogP contribution in [0.2, 0.25) is 0 Å². The minimum Gasteiger partial charge on any atom is -0.396 e. The second kappa shape index (κ2) is 5.26. The summed E-state index contributed by atoms with van der Waals surface area (Å²) in [5.74, 6) is 0. The standard InChI is InChI=1S/C10H15BrO2S/c1-10(2,6-12)7-13-5-9-8(11)3-4-14-9/h3-4,12H,5-7H2,1-2H3. The molecule has 1 heterocycles. The Hall–Kier alpha value is 0.100. The highest BCUT2D eigenvalue weighted by Crippen LogP contribution is 2.24. The normalized spacial score (nSPS) is 12.0. The summed E-state index contributed by atoms with van der Waals surface area (Å²) >= 11 is 5.12. The SMILES string of the molecule is CC(C)(CO)COCc1sccc1Br. The van der Waals surface area contributed by atoms with E-state index in [1.54, 1.807) is 11.3 Å². The molecule has 0 amide bonds. The first-order chi connectivity index (χ1) is 6.55. The van der Waals surface area contributed by atoms with Crippen molar-refractivity contribution < 1.29 is 9.84 Å². The minimum atomic E-state index is -0.149. The molecule has 0 aliphatic heterocycles. The van der Waals surface area contributed by atoms with Gasteiger partial charge in [-0.1, -0.05) is 13.8 Å². The Bertz CT molecular complexity index is 283. The van der Waals surface area contributed by atoms with Crippen molar-refractivity contribution in [1.82, 2.24) is 0 Å². The van der Waals surface area contributed by atoms with Crippen LogP contribution in [0.1, 0.15) is 18.7 Å². The zero-order valence-corrected chi connectivity index (χ0v) is 10.8. The lowest BCUT2D eigenvalue weighted by molar-refractivity contribution is 0.0206. The Kier molecular flexibility index (Phi) is 4.57. The lowest BCUT2D eigenvalue weighted by Crippen LogP contribution is -2.23. The van der Waals surface area contributed by atoms with E-state index in [9.17, 15) is 0 Å². The van der Waals surface area contributed by atoms with E-state index in [2.05, 4.69) is 15.9 Å². The van der Waals surface area contributed by atoms with Crippen LogP contribution in [0.25, 0.3) is 0 Å². The Morgan fingerprint density at radius 3 is 2.79 bits per heavy atom. The molecule has 14 heavy (non-hydrogen) atoms. The number of halogens is 1. The first kappa shape index (κ1) is 12.2. The van der Waals surface area contributed by atoms with Gasteiger partial charge in [0.2, 0.25) is 0 Å². The van der Waals surface area contributed by atoms with Gasteiger partial charge in [0.25, 0.3) is 0 Å². The zero-order valence-electron chi connectivity index (χ0n) is 8.42. The molecule has 0 bridgehead atoms. The highest BCUT2D eigenvalue weighted by molar-refractivity contribution is 9.10. The van der Waals surface area contributed by atoms with Crippen molar-refractivity contribution >= 4 is 27.3 Å². The number of aliphatic hydroxyl groups excluding tert-OH is 1. The second-order valence-corrected chi connectivity index (χ2v) is 5.86. The van der Waals surface area contributed by atoms with Gasteiger partial charge in [-0.15, -0.1) is 11.3 Å². The van der Waals surface area contributed by atoms with Gasteiger partial charge in [0, 0.05) is 14.8 Å². The third-order valence-corrected chi connectivity index (χ3v) is 3.74.